The van der Waals surface area contributed by atoms with Crippen LogP contribution in [0.4, 0.5) is 0 Å². The highest BCUT2D eigenvalue weighted by Gasteiger charge is 2.10. The van der Waals surface area contributed by atoms with Crippen molar-refractivity contribution in [2.24, 2.45) is 0 Å². The van der Waals surface area contributed by atoms with Gasteiger partial charge < -0.3 is 9.64 Å². The minimum atomic E-state index is -0.203. The van der Waals surface area contributed by atoms with Crippen LogP contribution in [0.15, 0.2) is 0 Å². The molecule has 5 nitrogen and oxygen atoms in total. The molecule has 0 aliphatic heterocycles. The minimum Gasteiger partial charge on any atom is -0.469 e. The van der Waals surface area contributed by atoms with Gasteiger partial charge in [0.05, 0.1) is 13.7 Å². The second-order valence-corrected chi connectivity index (χ2v) is 3.83. The second-order valence-electron chi connectivity index (χ2n) is 3.83. The van der Waals surface area contributed by atoms with Gasteiger partial charge in [-0.25, -0.2) is 0 Å². The fourth-order valence-electron chi connectivity index (χ4n) is 1.20. The molecular formula is C11H22N2O3. The zero-order chi connectivity index (χ0) is 12.6. The Labute approximate surface area is 97.3 Å². The summed E-state index contributed by atoms with van der Waals surface area (Å²) in [7, 11) is 5.04. The summed E-state index contributed by atoms with van der Waals surface area (Å²) in [4.78, 5) is 26.0. The molecule has 0 N–H and O–H groups in total. The quantitative estimate of drug-likeness (QED) is 0.592. The lowest BCUT2D eigenvalue weighted by Gasteiger charge is -2.20. The number of methoxy groups -OCH3 is 1. The molecule has 0 aliphatic carbocycles. The number of likely N-dealkylation sites (N-methyl/N-ethyl adjacent to an activating group) is 2. The zero-order valence-electron chi connectivity index (χ0n) is 10.7. The van der Waals surface area contributed by atoms with Gasteiger partial charge in [-0.1, -0.05) is 0 Å². The predicted octanol–water partition coefficient (Wildman–Crippen LogP) is 0.350. The van der Waals surface area contributed by atoms with Gasteiger partial charge in [-0.3, -0.25) is 14.5 Å². The fourth-order valence-corrected chi connectivity index (χ4v) is 1.20. The molecule has 0 rings (SSSR count). The average Bonchev–Trinajstić information content (AvgIpc) is 2.27. The van der Waals surface area contributed by atoms with Crippen LogP contribution in [0.1, 0.15) is 19.8 Å². The van der Waals surface area contributed by atoms with Crippen molar-refractivity contribution in [3.63, 3.8) is 0 Å². The van der Waals surface area contributed by atoms with Crippen LogP contribution in [0.3, 0.4) is 0 Å². The van der Waals surface area contributed by atoms with E-state index in [-0.39, 0.29) is 11.9 Å². The standard InChI is InChI=1S/C11H22N2O3/c1-5-13(3)10(14)9-12(2)8-6-7-11(15)16-4/h5-9H2,1-4H3. The smallest absolute Gasteiger partial charge is 0.305 e. The molecule has 0 aromatic heterocycles. The Morgan fingerprint density at radius 1 is 1.25 bits per heavy atom. The number of carbonyl (C=O) groups excluding carboxylic acids is 2. The van der Waals surface area contributed by atoms with Gasteiger partial charge in [-0.2, -0.15) is 0 Å². The predicted molar refractivity (Wildman–Crippen MR) is 62.1 cm³/mol. The summed E-state index contributed by atoms with van der Waals surface area (Å²) < 4.78 is 4.54. The Hall–Kier alpha value is -1.10. The number of ether oxygens (including phenoxy) is 1. The van der Waals surface area contributed by atoms with Crippen molar-refractivity contribution in [3.8, 4) is 0 Å². The van der Waals surface area contributed by atoms with Gasteiger partial charge >= 0.3 is 5.97 Å². The molecule has 0 spiro atoms. The van der Waals surface area contributed by atoms with Crippen molar-refractivity contribution in [1.29, 1.82) is 0 Å². The van der Waals surface area contributed by atoms with E-state index in [1.165, 1.54) is 7.11 Å². The molecule has 0 aromatic rings. The van der Waals surface area contributed by atoms with E-state index in [9.17, 15) is 9.59 Å². The SMILES string of the molecule is CCN(C)C(=O)CN(C)CCCC(=O)OC. The zero-order valence-corrected chi connectivity index (χ0v) is 10.7. The van der Waals surface area contributed by atoms with Gasteiger partial charge in [-0.15, -0.1) is 0 Å². The lowest BCUT2D eigenvalue weighted by atomic mass is 10.3. The van der Waals surface area contributed by atoms with E-state index in [4.69, 9.17) is 0 Å². The van der Waals surface area contributed by atoms with E-state index in [1.807, 2.05) is 18.9 Å². The van der Waals surface area contributed by atoms with E-state index in [1.54, 1.807) is 11.9 Å². The lowest BCUT2D eigenvalue weighted by Crippen LogP contribution is -2.36. The number of hydrogen-bond donors (Lipinski definition) is 0. The summed E-state index contributed by atoms with van der Waals surface area (Å²) in [6.07, 6.45) is 1.12. The summed E-state index contributed by atoms with van der Waals surface area (Å²) >= 11 is 0. The second kappa shape index (κ2) is 8.10. The Morgan fingerprint density at radius 3 is 2.38 bits per heavy atom. The topological polar surface area (TPSA) is 49.9 Å². The summed E-state index contributed by atoms with van der Waals surface area (Å²) in [5.74, 6) is -0.103. The van der Waals surface area contributed by atoms with Crippen LogP contribution in [0.25, 0.3) is 0 Å². The molecule has 0 fully saturated rings. The van der Waals surface area contributed by atoms with Gasteiger partial charge in [0.1, 0.15) is 0 Å². The molecule has 0 bridgehead atoms. The molecule has 0 saturated carbocycles. The van der Waals surface area contributed by atoms with E-state index in [0.29, 0.717) is 19.4 Å². The van der Waals surface area contributed by atoms with Crippen LogP contribution in [-0.2, 0) is 14.3 Å². The van der Waals surface area contributed by atoms with Crippen LogP contribution < -0.4 is 0 Å². The number of nitrogens with zero attached hydrogens (tertiary/aromatic N) is 2. The van der Waals surface area contributed by atoms with E-state index < -0.39 is 0 Å². The maximum atomic E-state index is 11.5. The van der Waals surface area contributed by atoms with Crippen molar-refractivity contribution in [2.45, 2.75) is 19.8 Å². The van der Waals surface area contributed by atoms with Crippen molar-refractivity contribution in [1.82, 2.24) is 9.80 Å². The first-order valence-corrected chi connectivity index (χ1v) is 5.50. The molecule has 1 amide bonds. The number of rotatable bonds is 7. The third kappa shape index (κ3) is 6.40. The van der Waals surface area contributed by atoms with Gasteiger partial charge in [0.25, 0.3) is 0 Å². The Balaban J connectivity index is 3.70. The molecule has 0 radical (unpaired) electrons. The van der Waals surface area contributed by atoms with Crippen molar-refractivity contribution < 1.29 is 14.3 Å². The van der Waals surface area contributed by atoms with Gasteiger partial charge in [-0.05, 0) is 26.9 Å². The van der Waals surface area contributed by atoms with Gasteiger partial charge in [0, 0.05) is 20.0 Å². The minimum absolute atomic E-state index is 0.100. The number of esters is 1. The highest BCUT2D eigenvalue weighted by Crippen LogP contribution is 1.96. The molecule has 5 heteroatoms. The molecule has 94 valence electrons. The highest BCUT2D eigenvalue weighted by atomic mass is 16.5. The van der Waals surface area contributed by atoms with Crippen molar-refractivity contribution in [2.75, 3.05) is 40.8 Å². The van der Waals surface area contributed by atoms with Gasteiger partial charge in [0.2, 0.25) is 5.91 Å². The third-order valence-electron chi connectivity index (χ3n) is 2.45. The van der Waals surface area contributed by atoms with Crippen molar-refractivity contribution in [3.05, 3.63) is 0 Å². The molecule has 0 heterocycles. The molecule has 0 aromatic carbocycles. The molecule has 0 saturated heterocycles. The average molecular weight is 230 g/mol. The first-order valence-electron chi connectivity index (χ1n) is 5.50. The molecule has 16 heavy (non-hydrogen) atoms. The van der Waals surface area contributed by atoms with Crippen LogP contribution in [0.2, 0.25) is 0 Å². The van der Waals surface area contributed by atoms with Crippen LogP contribution in [0, 0.1) is 0 Å². The maximum Gasteiger partial charge on any atom is 0.305 e. The van der Waals surface area contributed by atoms with Crippen LogP contribution in [-0.4, -0.2) is 62.5 Å². The van der Waals surface area contributed by atoms with Gasteiger partial charge in [0.15, 0.2) is 0 Å². The number of amides is 1. The Bertz CT molecular complexity index is 231. The normalized spacial score (nSPS) is 10.3. The summed E-state index contributed by atoms with van der Waals surface area (Å²) in [5.41, 5.74) is 0. The molecule has 0 unspecified atom stereocenters. The number of carbonyl (C=O) groups is 2. The van der Waals surface area contributed by atoms with E-state index in [2.05, 4.69) is 4.74 Å². The van der Waals surface area contributed by atoms with E-state index >= 15 is 0 Å². The summed E-state index contributed by atoms with van der Waals surface area (Å²) in [6, 6.07) is 0. The highest BCUT2D eigenvalue weighted by molar-refractivity contribution is 5.77. The Kier molecular flexibility index (Phi) is 7.54. The molecular weight excluding hydrogens is 208 g/mol. The van der Waals surface area contributed by atoms with Crippen LogP contribution in [0.5, 0.6) is 0 Å². The first-order chi connectivity index (χ1) is 7.51. The third-order valence-corrected chi connectivity index (χ3v) is 2.45. The Morgan fingerprint density at radius 2 is 1.88 bits per heavy atom. The fraction of sp³-hybridized carbons (Fsp3) is 0.818. The number of hydrogen-bond acceptors (Lipinski definition) is 4. The largest absolute Gasteiger partial charge is 0.469 e. The summed E-state index contributed by atoms with van der Waals surface area (Å²) in [6.45, 7) is 3.77. The van der Waals surface area contributed by atoms with E-state index in [0.717, 1.165) is 13.1 Å². The molecule has 0 aliphatic rings. The maximum absolute atomic E-state index is 11.5. The summed E-state index contributed by atoms with van der Waals surface area (Å²) in [5, 5.41) is 0. The van der Waals surface area contributed by atoms with Crippen molar-refractivity contribution >= 4 is 11.9 Å². The molecule has 0 atom stereocenters. The first kappa shape index (κ1) is 14.9. The monoisotopic (exact) mass is 230 g/mol. The lowest BCUT2D eigenvalue weighted by molar-refractivity contribution is -0.140. The van der Waals surface area contributed by atoms with Crippen LogP contribution >= 0.6 is 0 Å².